The molecule has 74 valence electrons. The monoisotopic (exact) mass is 187 g/mol. The third-order valence-electron chi connectivity index (χ3n) is 1.86. The van der Waals surface area contributed by atoms with E-state index < -0.39 is 5.97 Å². The van der Waals surface area contributed by atoms with Crippen LogP contribution in [0.1, 0.15) is 12.8 Å². The number of ether oxygens (including phenoxy) is 2. The largest absolute Gasteiger partial charge is 0.468 e. The molecule has 1 amide bonds. The minimum atomic E-state index is -0.452. The van der Waals surface area contributed by atoms with Crippen molar-refractivity contribution in [3.05, 3.63) is 0 Å². The van der Waals surface area contributed by atoms with E-state index in [2.05, 4.69) is 10.1 Å². The molecule has 13 heavy (non-hydrogen) atoms. The average molecular weight is 187 g/mol. The lowest BCUT2D eigenvalue weighted by atomic mass is 10.2. The number of hydrogen-bond donors (Lipinski definition) is 1. The van der Waals surface area contributed by atoms with E-state index >= 15 is 0 Å². The van der Waals surface area contributed by atoms with Gasteiger partial charge in [0.1, 0.15) is 12.6 Å². The van der Waals surface area contributed by atoms with Crippen LogP contribution < -0.4 is 5.32 Å². The summed E-state index contributed by atoms with van der Waals surface area (Å²) in [6.45, 7) is 0.533. The Labute approximate surface area is 76.4 Å². The summed E-state index contributed by atoms with van der Waals surface area (Å²) in [5.74, 6) is -0.686. The molecule has 1 heterocycles. The molecule has 1 N–H and O–H groups in total. The molecule has 1 aliphatic rings. The highest BCUT2D eigenvalue weighted by atomic mass is 16.5. The van der Waals surface area contributed by atoms with Crippen molar-refractivity contribution in [1.82, 2.24) is 5.32 Å². The zero-order valence-electron chi connectivity index (χ0n) is 7.54. The molecule has 0 bridgehead atoms. The molecule has 0 aromatic heterocycles. The van der Waals surface area contributed by atoms with Gasteiger partial charge in [-0.05, 0) is 12.8 Å². The number of rotatable bonds is 3. The molecule has 5 heteroatoms. The van der Waals surface area contributed by atoms with Gasteiger partial charge in [0.15, 0.2) is 0 Å². The van der Waals surface area contributed by atoms with E-state index in [1.165, 1.54) is 7.11 Å². The molecule has 1 unspecified atom stereocenters. The predicted octanol–water partition coefficient (Wildman–Crippen LogP) is -0.545. The van der Waals surface area contributed by atoms with Gasteiger partial charge in [0, 0.05) is 6.61 Å². The fraction of sp³-hybridized carbons (Fsp3) is 0.750. The number of nitrogens with one attached hydrogen (secondary N) is 1. The van der Waals surface area contributed by atoms with Gasteiger partial charge in [0.2, 0.25) is 5.91 Å². The van der Waals surface area contributed by atoms with Gasteiger partial charge in [-0.3, -0.25) is 9.59 Å². The second-order valence-electron chi connectivity index (χ2n) is 2.80. The standard InChI is InChI=1S/C8H13NO4/c1-12-7(10)5-9-8(11)6-3-2-4-13-6/h6H,2-5H2,1H3,(H,9,11). The predicted molar refractivity (Wildman–Crippen MR) is 44.0 cm³/mol. The highest BCUT2D eigenvalue weighted by Crippen LogP contribution is 2.11. The van der Waals surface area contributed by atoms with Crippen LogP contribution in [-0.4, -0.2) is 38.2 Å². The molecule has 1 rings (SSSR count). The topological polar surface area (TPSA) is 64.6 Å². The summed E-state index contributed by atoms with van der Waals surface area (Å²) in [5, 5.41) is 2.44. The maximum Gasteiger partial charge on any atom is 0.325 e. The van der Waals surface area contributed by atoms with E-state index in [4.69, 9.17) is 4.74 Å². The van der Waals surface area contributed by atoms with Gasteiger partial charge in [-0.1, -0.05) is 0 Å². The third-order valence-corrected chi connectivity index (χ3v) is 1.86. The lowest BCUT2D eigenvalue weighted by Gasteiger charge is -2.08. The highest BCUT2D eigenvalue weighted by molar-refractivity contribution is 5.85. The number of carbonyl (C=O) groups is 2. The molecule has 1 atom stereocenters. The molecule has 1 aliphatic heterocycles. The molecule has 0 saturated carbocycles. The molecule has 0 aromatic rings. The van der Waals surface area contributed by atoms with Crippen LogP contribution in [0.25, 0.3) is 0 Å². The number of hydrogen-bond acceptors (Lipinski definition) is 4. The molecule has 0 aliphatic carbocycles. The molecule has 0 aromatic carbocycles. The van der Waals surface area contributed by atoms with E-state index in [1.54, 1.807) is 0 Å². The fourth-order valence-corrected chi connectivity index (χ4v) is 1.13. The summed E-state index contributed by atoms with van der Waals surface area (Å²) in [7, 11) is 1.28. The van der Waals surface area contributed by atoms with Crippen LogP contribution in [0, 0.1) is 0 Å². The number of esters is 1. The quantitative estimate of drug-likeness (QED) is 0.602. The summed E-state index contributed by atoms with van der Waals surface area (Å²) in [6, 6.07) is 0. The lowest BCUT2D eigenvalue weighted by Crippen LogP contribution is -2.37. The molecule has 1 saturated heterocycles. The van der Waals surface area contributed by atoms with Crippen molar-refractivity contribution in [3.63, 3.8) is 0 Å². The first-order valence-electron chi connectivity index (χ1n) is 4.20. The van der Waals surface area contributed by atoms with Gasteiger partial charge < -0.3 is 14.8 Å². The van der Waals surface area contributed by atoms with E-state index in [9.17, 15) is 9.59 Å². The zero-order valence-corrected chi connectivity index (χ0v) is 7.54. The lowest BCUT2D eigenvalue weighted by molar-refractivity contribution is -0.142. The van der Waals surface area contributed by atoms with E-state index in [0.29, 0.717) is 6.61 Å². The van der Waals surface area contributed by atoms with Crippen molar-refractivity contribution in [2.24, 2.45) is 0 Å². The minimum absolute atomic E-state index is 0.0881. The summed E-state index contributed by atoms with van der Waals surface area (Å²) in [4.78, 5) is 21.9. The Hall–Kier alpha value is -1.10. The van der Waals surface area contributed by atoms with E-state index in [-0.39, 0.29) is 18.6 Å². The van der Waals surface area contributed by atoms with Crippen molar-refractivity contribution >= 4 is 11.9 Å². The molecule has 0 spiro atoms. The summed E-state index contributed by atoms with van der Waals surface area (Å²) < 4.78 is 9.49. The van der Waals surface area contributed by atoms with Crippen molar-refractivity contribution in [1.29, 1.82) is 0 Å². The van der Waals surface area contributed by atoms with E-state index in [0.717, 1.165) is 12.8 Å². The van der Waals surface area contributed by atoms with Crippen LogP contribution in [0.3, 0.4) is 0 Å². The summed E-state index contributed by atoms with van der Waals surface area (Å²) in [5.41, 5.74) is 0. The summed E-state index contributed by atoms with van der Waals surface area (Å²) in [6.07, 6.45) is 1.24. The number of methoxy groups -OCH3 is 1. The molecular weight excluding hydrogens is 174 g/mol. The first kappa shape index (κ1) is 9.98. The summed E-state index contributed by atoms with van der Waals surface area (Å²) >= 11 is 0. The second-order valence-corrected chi connectivity index (χ2v) is 2.80. The van der Waals surface area contributed by atoms with Crippen LogP contribution in [0.2, 0.25) is 0 Å². The first-order chi connectivity index (χ1) is 6.24. The normalized spacial score (nSPS) is 21.2. The van der Waals surface area contributed by atoms with Gasteiger partial charge in [-0.2, -0.15) is 0 Å². The Bertz CT molecular complexity index is 198. The number of carbonyl (C=O) groups excluding carboxylic acids is 2. The van der Waals surface area contributed by atoms with Gasteiger partial charge >= 0.3 is 5.97 Å². The third kappa shape index (κ3) is 3.02. The number of amides is 1. The smallest absolute Gasteiger partial charge is 0.325 e. The Morgan fingerprint density at radius 1 is 1.62 bits per heavy atom. The molecule has 5 nitrogen and oxygen atoms in total. The highest BCUT2D eigenvalue weighted by Gasteiger charge is 2.23. The van der Waals surface area contributed by atoms with Gasteiger partial charge in [-0.25, -0.2) is 0 Å². The average Bonchev–Trinajstić information content (AvgIpc) is 2.66. The van der Waals surface area contributed by atoms with Crippen LogP contribution in [0.4, 0.5) is 0 Å². The Morgan fingerprint density at radius 3 is 2.92 bits per heavy atom. The zero-order chi connectivity index (χ0) is 9.68. The Morgan fingerprint density at radius 2 is 2.38 bits per heavy atom. The first-order valence-corrected chi connectivity index (χ1v) is 4.20. The SMILES string of the molecule is COC(=O)CNC(=O)C1CCCO1. The maximum absolute atomic E-state index is 11.2. The Balaban J connectivity index is 2.20. The minimum Gasteiger partial charge on any atom is -0.468 e. The van der Waals surface area contributed by atoms with Crippen molar-refractivity contribution in [2.75, 3.05) is 20.3 Å². The Kier molecular flexibility index (Phi) is 3.70. The van der Waals surface area contributed by atoms with Gasteiger partial charge in [0.25, 0.3) is 0 Å². The van der Waals surface area contributed by atoms with Crippen LogP contribution in [0.5, 0.6) is 0 Å². The van der Waals surface area contributed by atoms with Crippen molar-refractivity contribution in [2.45, 2.75) is 18.9 Å². The van der Waals surface area contributed by atoms with Crippen LogP contribution in [-0.2, 0) is 19.1 Å². The molecular formula is C8H13NO4. The second kappa shape index (κ2) is 4.81. The van der Waals surface area contributed by atoms with Crippen LogP contribution >= 0.6 is 0 Å². The fourth-order valence-electron chi connectivity index (χ4n) is 1.13. The van der Waals surface area contributed by atoms with Gasteiger partial charge in [-0.15, -0.1) is 0 Å². The van der Waals surface area contributed by atoms with Gasteiger partial charge in [0.05, 0.1) is 7.11 Å². The van der Waals surface area contributed by atoms with E-state index in [1.807, 2.05) is 0 Å². The van der Waals surface area contributed by atoms with Crippen LogP contribution in [0.15, 0.2) is 0 Å². The molecule has 0 radical (unpaired) electrons. The van der Waals surface area contributed by atoms with Crippen molar-refractivity contribution < 1.29 is 19.1 Å². The molecule has 1 fully saturated rings. The maximum atomic E-state index is 11.2. The van der Waals surface area contributed by atoms with Crippen molar-refractivity contribution in [3.8, 4) is 0 Å².